The van der Waals surface area contributed by atoms with E-state index < -0.39 is 6.04 Å². The fourth-order valence-electron chi connectivity index (χ4n) is 3.39. The molecule has 2 amide bonds. The molecule has 0 aliphatic carbocycles. The lowest BCUT2D eigenvalue weighted by molar-refractivity contribution is -0.141. The maximum atomic E-state index is 13.1. The van der Waals surface area contributed by atoms with Gasteiger partial charge in [-0.2, -0.15) is 0 Å². The average Bonchev–Trinajstić information content (AvgIpc) is 2.78. The van der Waals surface area contributed by atoms with Crippen LogP contribution in [0, 0.1) is 0 Å². The van der Waals surface area contributed by atoms with E-state index in [-0.39, 0.29) is 23.8 Å². The van der Waals surface area contributed by atoms with E-state index in [9.17, 15) is 9.59 Å². The largest absolute Gasteiger partial charge is 0.484 e. The van der Waals surface area contributed by atoms with Crippen LogP contribution in [-0.4, -0.2) is 42.5 Å². The first-order valence-corrected chi connectivity index (χ1v) is 11.6. The first-order chi connectivity index (χ1) is 15.2. The van der Waals surface area contributed by atoms with Crippen LogP contribution < -0.4 is 10.1 Å². The second-order valence-corrected chi connectivity index (χ2v) is 9.21. The highest BCUT2D eigenvalue weighted by Crippen LogP contribution is 2.24. The van der Waals surface area contributed by atoms with Crippen LogP contribution in [0.5, 0.6) is 5.75 Å². The van der Waals surface area contributed by atoms with Crippen LogP contribution in [0.3, 0.4) is 0 Å². The molecule has 0 aliphatic rings. The fraction of sp³-hybridized carbons (Fsp3) is 0.481. The number of nitrogens with one attached hydrogen (secondary N) is 1. The molecule has 0 aromatic heterocycles. The number of amides is 2. The Hall–Kier alpha value is -2.82. The van der Waals surface area contributed by atoms with Crippen LogP contribution in [0.15, 0.2) is 54.6 Å². The highest BCUT2D eigenvalue weighted by Gasteiger charge is 2.26. The minimum absolute atomic E-state index is 0.0587. The van der Waals surface area contributed by atoms with Crippen molar-refractivity contribution >= 4 is 11.8 Å². The van der Waals surface area contributed by atoms with Crippen LogP contribution in [0.1, 0.15) is 58.6 Å². The van der Waals surface area contributed by atoms with Gasteiger partial charge in [0.2, 0.25) is 5.91 Å². The average molecular weight is 439 g/mol. The predicted octanol–water partition coefficient (Wildman–Crippen LogP) is 4.74. The maximum Gasteiger partial charge on any atom is 0.261 e. The van der Waals surface area contributed by atoms with Gasteiger partial charge in [-0.05, 0) is 48.4 Å². The molecule has 0 saturated carbocycles. The van der Waals surface area contributed by atoms with E-state index in [1.165, 1.54) is 5.56 Å². The molecule has 2 rings (SSSR count). The Bertz CT molecular complexity index is 841. The topological polar surface area (TPSA) is 58.6 Å². The predicted molar refractivity (Wildman–Crippen MR) is 130 cm³/mol. The molecule has 174 valence electrons. The first kappa shape index (κ1) is 25.4. The normalized spacial score (nSPS) is 12.2. The Morgan fingerprint density at radius 1 is 1.03 bits per heavy atom. The summed E-state index contributed by atoms with van der Waals surface area (Å²) in [6.45, 7) is 11.3. The quantitative estimate of drug-likeness (QED) is 0.516. The summed E-state index contributed by atoms with van der Waals surface area (Å²) >= 11 is 0. The van der Waals surface area contributed by atoms with Crippen LogP contribution in [0.25, 0.3) is 0 Å². The number of unbranched alkanes of at least 4 members (excludes halogenated alkanes) is 1. The van der Waals surface area contributed by atoms with E-state index in [4.69, 9.17) is 4.74 Å². The van der Waals surface area contributed by atoms with Gasteiger partial charge in [0.1, 0.15) is 11.8 Å². The van der Waals surface area contributed by atoms with Crippen molar-refractivity contribution in [1.29, 1.82) is 0 Å². The van der Waals surface area contributed by atoms with E-state index >= 15 is 0 Å². The molecule has 0 fully saturated rings. The van der Waals surface area contributed by atoms with Crippen LogP contribution in [-0.2, 0) is 21.4 Å². The zero-order valence-corrected chi connectivity index (χ0v) is 20.2. The van der Waals surface area contributed by atoms with E-state index in [0.717, 1.165) is 18.4 Å². The molecule has 1 atom stereocenters. The lowest BCUT2D eigenvalue weighted by Gasteiger charge is -2.28. The van der Waals surface area contributed by atoms with Gasteiger partial charge < -0.3 is 15.0 Å². The van der Waals surface area contributed by atoms with Crippen molar-refractivity contribution in [2.24, 2.45) is 0 Å². The van der Waals surface area contributed by atoms with Gasteiger partial charge in [-0.3, -0.25) is 9.59 Å². The molecule has 32 heavy (non-hydrogen) atoms. The van der Waals surface area contributed by atoms with Crippen molar-refractivity contribution in [2.45, 2.75) is 65.3 Å². The molecule has 0 heterocycles. The minimum Gasteiger partial charge on any atom is -0.484 e. The second-order valence-electron chi connectivity index (χ2n) is 9.21. The maximum absolute atomic E-state index is 13.1. The van der Waals surface area contributed by atoms with Gasteiger partial charge in [-0.15, -0.1) is 0 Å². The zero-order chi connectivity index (χ0) is 23.6. The molecular formula is C27H38N2O3. The molecule has 0 saturated heterocycles. The third-order valence-corrected chi connectivity index (χ3v) is 5.56. The minimum atomic E-state index is -0.560. The summed E-state index contributed by atoms with van der Waals surface area (Å²) in [5.41, 5.74) is 2.39. The molecule has 1 N–H and O–H groups in total. The number of benzene rings is 2. The lowest BCUT2D eigenvalue weighted by Crippen LogP contribution is -2.50. The highest BCUT2D eigenvalue weighted by molar-refractivity contribution is 5.87. The van der Waals surface area contributed by atoms with Gasteiger partial charge in [0.25, 0.3) is 5.91 Å². The molecule has 0 bridgehead atoms. The van der Waals surface area contributed by atoms with Crippen LogP contribution in [0.2, 0.25) is 0 Å². The van der Waals surface area contributed by atoms with Crippen LogP contribution >= 0.6 is 0 Å². The van der Waals surface area contributed by atoms with Crippen molar-refractivity contribution in [3.05, 3.63) is 65.7 Å². The summed E-state index contributed by atoms with van der Waals surface area (Å²) < 4.78 is 5.77. The first-order valence-electron chi connectivity index (χ1n) is 11.6. The van der Waals surface area contributed by atoms with E-state index in [0.29, 0.717) is 25.3 Å². The molecule has 0 aliphatic heterocycles. The van der Waals surface area contributed by atoms with Crippen molar-refractivity contribution in [3.63, 3.8) is 0 Å². The van der Waals surface area contributed by atoms with Gasteiger partial charge in [-0.25, -0.2) is 0 Å². The molecule has 2 aromatic carbocycles. The Balaban J connectivity index is 2.03. The number of hydrogen-bond acceptors (Lipinski definition) is 3. The molecule has 0 radical (unpaired) electrons. The van der Waals surface area contributed by atoms with E-state index in [1.54, 1.807) is 11.8 Å². The summed E-state index contributed by atoms with van der Waals surface area (Å²) in [4.78, 5) is 27.3. The Morgan fingerprint density at radius 2 is 1.69 bits per heavy atom. The molecule has 2 aromatic rings. The Morgan fingerprint density at radius 3 is 2.28 bits per heavy atom. The SMILES string of the molecule is CCCCNC(=O)C(C)N(CCc1ccccc1)C(=O)COc1ccc(C(C)(C)C)cc1. The molecule has 5 heteroatoms. The van der Waals surface area contributed by atoms with Crippen molar-refractivity contribution in [1.82, 2.24) is 10.2 Å². The van der Waals surface area contributed by atoms with Crippen LogP contribution in [0.4, 0.5) is 0 Å². The zero-order valence-electron chi connectivity index (χ0n) is 20.2. The summed E-state index contributed by atoms with van der Waals surface area (Å²) in [6.07, 6.45) is 2.61. The smallest absolute Gasteiger partial charge is 0.261 e. The molecular weight excluding hydrogens is 400 g/mol. The summed E-state index contributed by atoms with van der Waals surface area (Å²) in [5, 5.41) is 2.94. The highest BCUT2D eigenvalue weighted by atomic mass is 16.5. The van der Waals surface area contributed by atoms with Gasteiger partial charge >= 0.3 is 0 Å². The van der Waals surface area contributed by atoms with Gasteiger partial charge in [0.15, 0.2) is 6.61 Å². The molecule has 1 unspecified atom stereocenters. The van der Waals surface area contributed by atoms with Crippen molar-refractivity contribution in [3.8, 4) is 5.75 Å². The standard InChI is InChI=1S/C27H38N2O3/c1-6-7-18-28-26(31)21(2)29(19-17-22-11-9-8-10-12-22)25(30)20-32-24-15-13-23(14-16-24)27(3,4)5/h8-16,21H,6-7,17-20H2,1-5H3,(H,28,31). The third-order valence-electron chi connectivity index (χ3n) is 5.56. The molecule has 0 spiro atoms. The third kappa shape index (κ3) is 8.03. The molecule has 5 nitrogen and oxygen atoms in total. The van der Waals surface area contributed by atoms with Crippen molar-refractivity contribution < 1.29 is 14.3 Å². The number of nitrogens with zero attached hydrogens (tertiary/aromatic N) is 1. The number of carbonyl (C=O) groups is 2. The summed E-state index contributed by atoms with van der Waals surface area (Å²) in [5.74, 6) is 0.322. The number of rotatable bonds is 11. The lowest BCUT2D eigenvalue weighted by atomic mass is 9.87. The Kier molecular flexibility index (Phi) is 9.76. The summed E-state index contributed by atoms with van der Waals surface area (Å²) in [6, 6.07) is 17.3. The fourth-order valence-corrected chi connectivity index (χ4v) is 3.39. The summed E-state index contributed by atoms with van der Waals surface area (Å²) in [7, 11) is 0. The monoisotopic (exact) mass is 438 g/mol. The number of ether oxygens (including phenoxy) is 1. The van der Waals surface area contributed by atoms with Crippen molar-refractivity contribution in [2.75, 3.05) is 19.7 Å². The van der Waals surface area contributed by atoms with E-state index in [2.05, 4.69) is 33.0 Å². The van der Waals surface area contributed by atoms with E-state index in [1.807, 2.05) is 54.6 Å². The number of carbonyl (C=O) groups excluding carboxylic acids is 2. The van der Waals surface area contributed by atoms with Gasteiger partial charge in [0.05, 0.1) is 0 Å². The Labute approximate surface area is 193 Å². The van der Waals surface area contributed by atoms with Gasteiger partial charge in [0, 0.05) is 13.1 Å². The second kappa shape index (κ2) is 12.3. The van der Waals surface area contributed by atoms with Gasteiger partial charge in [-0.1, -0.05) is 76.6 Å². The number of hydrogen-bond donors (Lipinski definition) is 1.